The van der Waals surface area contributed by atoms with Crippen molar-refractivity contribution in [1.29, 1.82) is 0 Å². The summed E-state index contributed by atoms with van der Waals surface area (Å²) in [7, 11) is 0. The Hall–Kier alpha value is -1.10. The topological polar surface area (TPSA) is 39.7 Å². The van der Waals surface area contributed by atoms with Gasteiger partial charge in [-0.25, -0.2) is 0 Å². The molecule has 1 heterocycles. The van der Waals surface area contributed by atoms with Gasteiger partial charge in [-0.15, -0.1) is 0 Å². The lowest BCUT2D eigenvalue weighted by Crippen LogP contribution is -2.41. The minimum absolute atomic E-state index is 0.203. The van der Waals surface area contributed by atoms with E-state index < -0.39 is 0 Å². The summed E-state index contributed by atoms with van der Waals surface area (Å²) in [6.07, 6.45) is 1.10. The van der Waals surface area contributed by atoms with Gasteiger partial charge >= 0.3 is 0 Å². The first-order chi connectivity index (χ1) is 8.95. The van der Waals surface area contributed by atoms with Crippen LogP contribution in [0.1, 0.15) is 6.42 Å². The molecule has 1 saturated heterocycles. The molecule has 1 aromatic rings. The van der Waals surface area contributed by atoms with Gasteiger partial charge in [0.05, 0.1) is 25.9 Å². The third kappa shape index (κ3) is 5.04. The van der Waals surface area contributed by atoms with Crippen molar-refractivity contribution in [2.75, 3.05) is 39.5 Å². The molecule has 1 N–H and O–H groups in total. The second kappa shape index (κ2) is 8.08. The molecule has 4 nitrogen and oxygen atoms in total. The van der Waals surface area contributed by atoms with Crippen LogP contribution in [0.25, 0.3) is 0 Å². The van der Waals surface area contributed by atoms with Gasteiger partial charge in [0.2, 0.25) is 0 Å². The molecule has 0 bridgehead atoms. The first-order valence-electron chi connectivity index (χ1n) is 6.53. The van der Waals surface area contributed by atoms with Crippen molar-refractivity contribution >= 4 is 0 Å². The molecule has 1 atom stereocenters. The van der Waals surface area contributed by atoms with Gasteiger partial charge in [0.25, 0.3) is 0 Å². The summed E-state index contributed by atoms with van der Waals surface area (Å²) < 4.78 is 16.7. The third-order valence-electron chi connectivity index (χ3n) is 2.75. The molecular formula is C14H21NO3. The zero-order valence-electron chi connectivity index (χ0n) is 10.6. The minimum atomic E-state index is 0.203. The van der Waals surface area contributed by atoms with E-state index in [4.69, 9.17) is 14.2 Å². The summed E-state index contributed by atoms with van der Waals surface area (Å²) in [6, 6.07) is 9.84. The number of morpholine rings is 1. The molecule has 0 aromatic heterocycles. The van der Waals surface area contributed by atoms with Crippen molar-refractivity contribution in [2.45, 2.75) is 12.5 Å². The van der Waals surface area contributed by atoms with Gasteiger partial charge in [-0.3, -0.25) is 0 Å². The predicted octanol–water partition coefficient (Wildman–Crippen LogP) is 1.46. The molecule has 0 amide bonds. The van der Waals surface area contributed by atoms with Crippen LogP contribution >= 0.6 is 0 Å². The molecule has 18 heavy (non-hydrogen) atoms. The Kier molecular flexibility index (Phi) is 5.99. The summed E-state index contributed by atoms with van der Waals surface area (Å²) in [6.45, 7) is 4.69. The van der Waals surface area contributed by atoms with Crippen LogP contribution in [-0.4, -0.2) is 45.6 Å². The monoisotopic (exact) mass is 251 g/mol. The molecular weight excluding hydrogens is 230 g/mol. The number of hydrogen-bond acceptors (Lipinski definition) is 4. The summed E-state index contributed by atoms with van der Waals surface area (Å²) in [5.41, 5.74) is 0. The van der Waals surface area contributed by atoms with E-state index in [2.05, 4.69) is 5.32 Å². The number of para-hydroxylation sites is 1. The van der Waals surface area contributed by atoms with Crippen molar-refractivity contribution in [3.63, 3.8) is 0 Å². The fourth-order valence-electron chi connectivity index (χ4n) is 1.81. The van der Waals surface area contributed by atoms with Gasteiger partial charge in [0.15, 0.2) is 0 Å². The Bertz CT molecular complexity index is 312. The molecule has 1 aromatic carbocycles. The second-order valence-electron chi connectivity index (χ2n) is 4.29. The Morgan fingerprint density at radius 2 is 2.11 bits per heavy atom. The van der Waals surface area contributed by atoms with Crippen LogP contribution < -0.4 is 10.1 Å². The van der Waals surface area contributed by atoms with E-state index in [1.807, 2.05) is 30.3 Å². The molecule has 100 valence electrons. The van der Waals surface area contributed by atoms with Crippen LogP contribution in [0.2, 0.25) is 0 Å². The second-order valence-corrected chi connectivity index (χ2v) is 4.29. The normalized spacial score (nSPS) is 19.7. The van der Waals surface area contributed by atoms with E-state index in [0.717, 1.165) is 31.9 Å². The van der Waals surface area contributed by atoms with Crippen molar-refractivity contribution in [3.8, 4) is 5.75 Å². The zero-order valence-corrected chi connectivity index (χ0v) is 10.6. The number of hydrogen-bond donors (Lipinski definition) is 1. The molecule has 1 aliphatic rings. The SMILES string of the molecule is c1ccc(OCCCOCC2CNCCO2)cc1. The molecule has 0 aliphatic carbocycles. The number of ether oxygens (including phenoxy) is 3. The maximum absolute atomic E-state index is 5.57. The summed E-state index contributed by atoms with van der Waals surface area (Å²) >= 11 is 0. The Morgan fingerprint density at radius 1 is 1.22 bits per heavy atom. The molecule has 1 unspecified atom stereocenters. The first-order valence-corrected chi connectivity index (χ1v) is 6.53. The van der Waals surface area contributed by atoms with Gasteiger partial charge in [-0.1, -0.05) is 18.2 Å². The van der Waals surface area contributed by atoms with E-state index >= 15 is 0 Å². The Morgan fingerprint density at radius 3 is 2.89 bits per heavy atom. The number of nitrogens with one attached hydrogen (secondary N) is 1. The zero-order chi connectivity index (χ0) is 12.5. The van der Waals surface area contributed by atoms with Gasteiger partial charge in [-0.2, -0.15) is 0 Å². The van der Waals surface area contributed by atoms with Crippen molar-refractivity contribution in [3.05, 3.63) is 30.3 Å². The van der Waals surface area contributed by atoms with Gasteiger partial charge in [0, 0.05) is 26.1 Å². The highest BCUT2D eigenvalue weighted by Gasteiger charge is 2.12. The highest BCUT2D eigenvalue weighted by molar-refractivity contribution is 5.20. The van der Waals surface area contributed by atoms with Crippen LogP contribution in [0, 0.1) is 0 Å². The molecule has 1 fully saturated rings. The van der Waals surface area contributed by atoms with Crippen molar-refractivity contribution in [1.82, 2.24) is 5.32 Å². The van der Waals surface area contributed by atoms with E-state index in [1.165, 1.54) is 0 Å². The third-order valence-corrected chi connectivity index (χ3v) is 2.75. The highest BCUT2D eigenvalue weighted by atomic mass is 16.5. The fraction of sp³-hybridized carbons (Fsp3) is 0.571. The molecule has 4 heteroatoms. The average Bonchev–Trinajstić information content (AvgIpc) is 2.45. The van der Waals surface area contributed by atoms with E-state index in [9.17, 15) is 0 Å². The van der Waals surface area contributed by atoms with E-state index in [-0.39, 0.29) is 6.10 Å². The predicted molar refractivity (Wildman–Crippen MR) is 70.0 cm³/mol. The molecule has 0 radical (unpaired) electrons. The Labute approximate surface area is 108 Å². The molecule has 0 saturated carbocycles. The summed E-state index contributed by atoms with van der Waals surface area (Å²) in [5, 5.41) is 3.28. The van der Waals surface area contributed by atoms with Gasteiger partial charge in [0.1, 0.15) is 5.75 Å². The highest BCUT2D eigenvalue weighted by Crippen LogP contribution is 2.08. The maximum Gasteiger partial charge on any atom is 0.119 e. The fourth-order valence-corrected chi connectivity index (χ4v) is 1.81. The van der Waals surface area contributed by atoms with E-state index in [0.29, 0.717) is 19.8 Å². The van der Waals surface area contributed by atoms with Crippen molar-refractivity contribution < 1.29 is 14.2 Å². The van der Waals surface area contributed by atoms with Crippen LogP contribution in [0.15, 0.2) is 30.3 Å². The summed E-state index contributed by atoms with van der Waals surface area (Å²) in [5.74, 6) is 0.914. The van der Waals surface area contributed by atoms with Crippen LogP contribution in [0.5, 0.6) is 5.75 Å². The Balaban J connectivity index is 1.46. The van der Waals surface area contributed by atoms with Gasteiger partial charge in [-0.05, 0) is 12.1 Å². The molecule has 2 rings (SSSR count). The lowest BCUT2D eigenvalue weighted by molar-refractivity contribution is -0.0328. The van der Waals surface area contributed by atoms with E-state index in [1.54, 1.807) is 0 Å². The van der Waals surface area contributed by atoms with Crippen LogP contribution in [-0.2, 0) is 9.47 Å². The van der Waals surface area contributed by atoms with Crippen LogP contribution in [0.4, 0.5) is 0 Å². The van der Waals surface area contributed by atoms with Crippen molar-refractivity contribution in [2.24, 2.45) is 0 Å². The quantitative estimate of drug-likeness (QED) is 0.745. The number of benzene rings is 1. The average molecular weight is 251 g/mol. The molecule has 0 spiro atoms. The van der Waals surface area contributed by atoms with Crippen LogP contribution in [0.3, 0.4) is 0 Å². The summed E-state index contributed by atoms with van der Waals surface area (Å²) in [4.78, 5) is 0. The standard InChI is InChI=1S/C14H21NO3/c1-2-5-13(6-3-1)17-9-4-8-16-12-14-11-15-7-10-18-14/h1-3,5-6,14-15H,4,7-12H2. The molecule has 1 aliphatic heterocycles. The number of rotatable bonds is 7. The smallest absolute Gasteiger partial charge is 0.119 e. The maximum atomic E-state index is 5.57. The largest absolute Gasteiger partial charge is 0.494 e. The van der Waals surface area contributed by atoms with Gasteiger partial charge < -0.3 is 19.5 Å². The first kappa shape index (κ1) is 13.3. The lowest BCUT2D eigenvalue weighted by atomic mass is 10.3. The lowest BCUT2D eigenvalue weighted by Gasteiger charge is -2.23. The minimum Gasteiger partial charge on any atom is -0.494 e.